The predicted octanol–water partition coefficient (Wildman–Crippen LogP) is 2.30. The Hall–Kier alpha value is -1.07. The Kier molecular flexibility index (Phi) is 6.49. The maximum absolute atomic E-state index is 12.3. The first-order valence-corrected chi connectivity index (χ1v) is 8.80. The van der Waals surface area contributed by atoms with E-state index in [0.717, 1.165) is 18.8 Å². The predicted molar refractivity (Wildman–Crippen MR) is 85.2 cm³/mol. The fourth-order valence-corrected chi connectivity index (χ4v) is 3.64. The Morgan fingerprint density at radius 3 is 2.50 bits per heavy atom. The lowest BCUT2D eigenvalue weighted by Crippen LogP contribution is -2.33. The maximum Gasteiger partial charge on any atom is 0.180 e. The number of hydrogen-bond acceptors (Lipinski definition) is 4. The Balaban J connectivity index is 2.90. The molecular weight excluding hydrogens is 272 g/mol. The molecule has 0 unspecified atom stereocenters. The maximum atomic E-state index is 12.3. The third-order valence-electron chi connectivity index (χ3n) is 3.08. The molecule has 0 aliphatic heterocycles. The molecule has 0 heterocycles. The van der Waals surface area contributed by atoms with Crippen molar-refractivity contribution in [3.8, 4) is 0 Å². The number of sulfone groups is 1. The number of hydrogen-bond donors (Lipinski definition) is 1. The zero-order valence-corrected chi connectivity index (χ0v) is 13.7. The molecule has 0 radical (unpaired) electrons. The summed E-state index contributed by atoms with van der Waals surface area (Å²) in [6, 6.07) is 7.67. The highest BCUT2D eigenvalue weighted by molar-refractivity contribution is 7.91. The number of nitrogens with one attached hydrogen (secondary N) is 1. The van der Waals surface area contributed by atoms with Crippen molar-refractivity contribution in [1.82, 2.24) is 5.32 Å². The van der Waals surface area contributed by atoms with Gasteiger partial charge in [-0.15, -0.1) is 0 Å². The van der Waals surface area contributed by atoms with E-state index in [0.29, 0.717) is 17.4 Å². The summed E-state index contributed by atoms with van der Waals surface area (Å²) in [6.45, 7) is 7.68. The van der Waals surface area contributed by atoms with Crippen LogP contribution in [-0.4, -0.2) is 40.3 Å². The summed E-state index contributed by atoms with van der Waals surface area (Å²) in [4.78, 5) is 2.44. The number of likely N-dealkylation sites (N-methyl/N-ethyl adjacent to an activating group) is 1. The van der Waals surface area contributed by atoms with Gasteiger partial charge in [0.05, 0.1) is 16.3 Å². The van der Waals surface area contributed by atoms with E-state index in [9.17, 15) is 8.42 Å². The van der Waals surface area contributed by atoms with Gasteiger partial charge in [-0.05, 0) is 18.6 Å². The average Bonchev–Trinajstić information content (AvgIpc) is 2.38. The van der Waals surface area contributed by atoms with Crippen LogP contribution in [0.3, 0.4) is 0 Å². The third kappa shape index (κ3) is 4.80. The van der Waals surface area contributed by atoms with E-state index in [1.54, 1.807) is 12.1 Å². The third-order valence-corrected chi connectivity index (χ3v) is 5.05. The van der Waals surface area contributed by atoms with E-state index >= 15 is 0 Å². The fourth-order valence-electron chi connectivity index (χ4n) is 2.06. The number of anilines is 1. The van der Waals surface area contributed by atoms with Gasteiger partial charge >= 0.3 is 0 Å². The fraction of sp³-hybridized carbons (Fsp3) is 0.600. The van der Waals surface area contributed by atoms with Crippen LogP contribution in [0.15, 0.2) is 29.2 Å². The number of para-hydroxylation sites is 1. The van der Waals surface area contributed by atoms with E-state index in [1.165, 1.54) is 0 Å². The number of nitrogens with zero attached hydrogens (tertiary/aromatic N) is 1. The minimum Gasteiger partial charge on any atom is -0.372 e. The summed E-state index contributed by atoms with van der Waals surface area (Å²) >= 11 is 0. The lowest BCUT2D eigenvalue weighted by Gasteiger charge is -2.23. The first-order valence-electron chi connectivity index (χ1n) is 7.14. The van der Waals surface area contributed by atoms with E-state index in [4.69, 9.17) is 0 Å². The van der Waals surface area contributed by atoms with Crippen molar-refractivity contribution >= 4 is 15.5 Å². The van der Waals surface area contributed by atoms with Gasteiger partial charge < -0.3 is 10.2 Å². The van der Waals surface area contributed by atoms with Crippen LogP contribution in [0.5, 0.6) is 0 Å². The van der Waals surface area contributed by atoms with Crippen LogP contribution < -0.4 is 10.2 Å². The Labute approximate surface area is 123 Å². The molecule has 1 aromatic rings. The Bertz CT molecular complexity index is 512. The van der Waals surface area contributed by atoms with Gasteiger partial charge in [0.15, 0.2) is 9.84 Å². The molecule has 0 atom stereocenters. The van der Waals surface area contributed by atoms with Crippen LogP contribution in [0.2, 0.25) is 0 Å². The zero-order chi connectivity index (χ0) is 15.2. The summed E-state index contributed by atoms with van der Waals surface area (Å²) in [5, 5.41) is 3.34. The normalized spacial score (nSPS) is 11.8. The van der Waals surface area contributed by atoms with Crippen molar-refractivity contribution in [3.05, 3.63) is 24.3 Å². The number of rotatable bonds is 8. The second kappa shape index (κ2) is 7.64. The van der Waals surface area contributed by atoms with Crippen molar-refractivity contribution in [2.75, 3.05) is 30.8 Å². The molecule has 1 N–H and O–H groups in total. The lowest BCUT2D eigenvalue weighted by atomic mass is 10.3. The molecule has 4 nitrogen and oxygen atoms in total. The van der Waals surface area contributed by atoms with Gasteiger partial charge in [-0.25, -0.2) is 8.42 Å². The monoisotopic (exact) mass is 298 g/mol. The van der Waals surface area contributed by atoms with Gasteiger partial charge in [-0.3, -0.25) is 0 Å². The van der Waals surface area contributed by atoms with Gasteiger partial charge in [0, 0.05) is 26.2 Å². The standard InChI is InChI=1S/C15H26N2O2S/c1-5-12-20(18,19)15-9-7-6-8-14(15)17(4)11-10-16-13(2)3/h6-9,13,16H,5,10-12H2,1-4H3. The van der Waals surface area contributed by atoms with Crippen molar-refractivity contribution in [1.29, 1.82) is 0 Å². The first kappa shape index (κ1) is 17.0. The SMILES string of the molecule is CCCS(=O)(=O)c1ccccc1N(C)CCNC(C)C. The van der Waals surface area contributed by atoms with Gasteiger partial charge in [-0.1, -0.05) is 32.9 Å². The molecule has 1 aromatic carbocycles. The smallest absolute Gasteiger partial charge is 0.180 e. The molecule has 0 fully saturated rings. The summed E-state index contributed by atoms with van der Waals surface area (Å²) in [7, 11) is -1.26. The summed E-state index contributed by atoms with van der Waals surface area (Å²) in [5.74, 6) is 0.197. The van der Waals surface area contributed by atoms with Crippen molar-refractivity contribution < 1.29 is 8.42 Å². The van der Waals surface area contributed by atoms with Crippen LogP contribution in [0.25, 0.3) is 0 Å². The molecule has 0 aliphatic carbocycles. The molecule has 0 bridgehead atoms. The first-order chi connectivity index (χ1) is 9.38. The van der Waals surface area contributed by atoms with E-state index in [-0.39, 0.29) is 5.75 Å². The van der Waals surface area contributed by atoms with Gasteiger partial charge in [0.25, 0.3) is 0 Å². The molecule has 0 saturated carbocycles. The average molecular weight is 298 g/mol. The van der Waals surface area contributed by atoms with Crippen LogP contribution >= 0.6 is 0 Å². The highest BCUT2D eigenvalue weighted by Crippen LogP contribution is 2.25. The second-order valence-electron chi connectivity index (χ2n) is 5.32. The van der Waals surface area contributed by atoms with E-state index in [1.807, 2.05) is 31.0 Å². The summed E-state index contributed by atoms with van der Waals surface area (Å²) < 4.78 is 24.6. The lowest BCUT2D eigenvalue weighted by molar-refractivity contribution is 0.585. The Morgan fingerprint density at radius 2 is 1.90 bits per heavy atom. The quantitative estimate of drug-likeness (QED) is 0.800. The minimum atomic E-state index is -3.19. The zero-order valence-electron chi connectivity index (χ0n) is 12.9. The summed E-state index contributed by atoms with van der Waals surface area (Å²) in [6.07, 6.45) is 0.634. The molecule has 0 saturated heterocycles. The molecule has 114 valence electrons. The van der Waals surface area contributed by atoms with Gasteiger partial charge in [-0.2, -0.15) is 0 Å². The van der Waals surface area contributed by atoms with E-state index < -0.39 is 9.84 Å². The van der Waals surface area contributed by atoms with E-state index in [2.05, 4.69) is 19.2 Å². The molecule has 5 heteroatoms. The number of benzene rings is 1. The topological polar surface area (TPSA) is 49.4 Å². The van der Waals surface area contributed by atoms with Gasteiger partial charge in [0.2, 0.25) is 0 Å². The van der Waals surface area contributed by atoms with Crippen molar-refractivity contribution in [2.45, 2.75) is 38.1 Å². The molecule has 20 heavy (non-hydrogen) atoms. The molecule has 1 rings (SSSR count). The van der Waals surface area contributed by atoms with Crippen LogP contribution in [0.1, 0.15) is 27.2 Å². The molecule has 0 aromatic heterocycles. The van der Waals surface area contributed by atoms with Crippen LogP contribution in [-0.2, 0) is 9.84 Å². The van der Waals surface area contributed by atoms with Crippen LogP contribution in [0.4, 0.5) is 5.69 Å². The molecule has 0 spiro atoms. The molecule has 0 amide bonds. The largest absolute Gasteiger partial charge is 0.372 e. The highest BCUT2D eigenvalue weighted by atomic mass is 32.2. The molecular formula is C15H26N2O2S. The Morgan fingerprint density at radius 1 is 1.25 bits per heavy atom. The van der Waals surface area contributed by atoms with Crippen LogP contribution in [0, 0.1) is 0 Å². The van der Waals surface area contributed by atoms with Crippen molar-refractivity contribution in [3.63, 3.8) is 0 Å². The molecule has 0 aliphatic rings. The highest BCUT2D eigenvalue weighted by Gasteiger charge is 2.19. The summed E-state index contributed by atoms with van der Waals surface area (Å²) in [5.41, 5.74) is 0.784. The minimum absolute atomic E-state index is 0.197. The van der Waals surface area contributed by atoms with Crippen molar-refractivity contribution in [2.24, 2.45) is 0 Å². The van der Waals surface area contributed by atoms with Gasteiger partial charge in [0.1, 0.15) is 0 Å². The second-order valence-corrected chi connectivity index (χ2v) is 7.39.